The third kappa shape index (κ3) is 4.18. The molecule has 3 rings (SSSR count). The van der Waals surface area contributed by atoms with Gasteiger partial charge in [0.2, 0.25) is 0 Å². The van der Waals surface area contributed by atoms with Crippen LogP contribution >= 0.6 is 0 Å². The standard InChI is InChI=1S/C22H27NO7/c1-5-27-21(26)19-17-11-12-23(16-9-7-6-8-10-16)22(19,4)30-18(13-28-14(2)24)20(17)29-15(3)25/h6-12,17-20H,5,13H2,1-4H3/t17-,18-,19+,20+,22-/m1/s1. The molecule has 1 fully saturated rings. The minimum absolute atomic E-state index is 0.106. The largest absolute Gasteiger partial charge is 0.466 e. The van der Waals surface area contributed by atoms with Gasteiger partial charge in [0.05, 0.1) is 6.61 Å². The summed E-state index contributed by atoms with van der Waals surface area (Å²) in [4.78, 5) is 38.1. The fraction of sp³-hybridized carbons (Fsp3) is 0.500. The van der Waals surface area contributed by atoms with Crippen molar-refractivity contribution in [1.29, 1.82) is 0 Å². The second-order valence-corrected chi connectivity index (χ2v) is 7.44. The van der Waals surface area contributed by atoms with Crippen LogP contribution in [0.2, 0.25) is 0 Å². The van der Waals surface area contributed by atoms with Crippen molar-refractivity contribution in [1.82, 2.24) is 0 Å². The van der Waals surface area contributed by atoms with Crippen molar-refractivity contribution in [3.8, 4) is 0 Å². The van der Waals surface area contributed by atoms with E-state index < -0.39 is 47.7 Å². The summed E-state index contributed by atoms with van der Waals surface area (Å²) in [5, 5.41) is 0. The first kappa shape index (κ1) is 21.8. The van der Waals surface area contributed by atoms with Gasteiger partial charge in [-0.1, -0.05) is 24.3 Å². The number of hydrogen-bond acceptors (Lipinski definition) is 8. The number of carbonyl (C=O) groups excluding carboxylic acids is 3. The Balaban J connectivity index is 2.07. The number of para-hydroxylation sites is 1. The molecule has 0 amide bonds. The average molecular weight is 417 g/mol. The minimum atomic E-state index is -1.14. The summed E-state index contributed by atoms with van der Waals surface area (Å²) >= 11 is 0. The van der Waals surface area contributed by atoms with Gasteiger partial charge in [0.25, 0.3) is 0 Å². The van der Waals surface area contributed by atoms with Gasteiger partial charge in [-0.05, 0) is 26.0 Å². The Bertz CT molecular complexity index is 824. The zero-order chi connectivity index (χ0) is 21.9. The topological polar surface area (TPSA) is 91.4 Å². The molecule has 8 heteroatoms. The smallest absolute Gasteiger partial charge is 0.314 e. The molecule has 1 aromatic carbocycles. The van der Waals surface area contributed by atoms with Crippen LogP contribution in [0.3, 0.4) is 0 Å². The lowest BCUT2D eigenvalue weighted by molar-refractivity contribution is -0.241. The third-order valence-corrected chi connectivity index (χ3v) is 5.36. The maximum atomic E-state index is 13.0. The van der Waals surface area contributed by atoms with Gasteiger partial charge in [-0.15, -0.1) is 0 Å². The SMILES string of the molecule is CCOC(=O)[C@@H]1[C@H]2C=CN(c3ccccc3)[C@]1(C)O[C@H](COC(C)=O)[C@H]2OC(C)=O. The number of hydrogen-bond donors (Lipinski definition) is 0. The molecule has 2 bridgehead atoms. The Morgan fingerprint density at radius 1 is 1.10 bits per heavy atom. The summed E-state index contributed by atoms with van der Waals surface area (Å²) < 4.78 is 22.4. The van der Waals surface area contributed by atoms with Gasteiger partial charge >= 0.3 is 17.9 Å². The molecule has 0 saturated carbocycles. The molecule has 2 heterocycles. The normalized spacial score (nSPS) is 29.8. The summed E-state index contributed by atoms with van der Waals surface area (Å²) in [6.45, 7) is 6.22. The quantitative estimate of drug-likeness (QED) is 0.515. The molecule has 0 aromatic heterocycles. The van der Waals surface area contributed by atoms with Crippen molar-refractivity contribution in [3.05, 3.63) is 42.6 Å². The van der Waals surface area contributed by atoms with Gasteiger partial charge < -0.3 is 23.8 Å². The van der Waals surface area contributed by atoms with E-state index in [9.17, 15) is 14.4 Å². The fourth-order valence-corrected chi connectivity index (χ4v) is 4.22. The first-order chi connectivity index (χ1) is 14.3. The lowest BCUT2D eigenvalue weighted by Crippen LogP contribution is -2.68. The molecule has 30 heavy (non-hydrogen) atoms. The van der Waals surface area contributed by atoms with Crippen LogP contribution in [0.1, 0.15) is 27.7 Å². The van der Waals surface area contributed by atoms with Crippen molar-refractivity contribution in [2.45, 2.75) is 45.6 Å². The van der Waals surface area contributed by atoms with Crippen molar-refractivity contribution in [2.75, 3.05) is 18.1 Å². The molecule has 0 aliphatic carbocycles. The monoisotopic (exact) mass is 417 g/mol. The van der Waals surface area contributed by atoms with Gasteiger partial charge in [-0.2, -0.15) is 0 Å². The molecular formula is C22H27NO7. The number of anilines is 1. The van der Waals surface area contributed by atoms with E-state index in [1.807, 2.05) is 47.5 Å². The third-order valence-electron chi connectivity index (χ3n) is 5.36. The Hall–Kier alpha value is -2.87. The number of benzene rings is 1. The number of ether oxygens (including phenoxy) is 4. The van der Waals surface area contributed by atoms with Gasteiger partial charge in [0, 0.05) is 31.7 Å². The molecule has 2 aliphatic heterocycles. The molecule has 162 valence electrons. The van der Waals surface area contributed by atoms with E-state index in [-0.39, 0.29) is 13.2 Å². The Morgan fingerprint density at radius 2 is 1.80 bits per heavy atom. The van der Waals surface area contributed by atoms with Crippen molar-refractivity contribution in [2.24, 2.45) is 11.8 Å². The van der Waals surface area contributed by atoms with Crippen LogP contribution in [-0.4, -0.2) is 49.1 Å². The highest BCUT2D eigenvalue weighted by atomic mass is 16.6. The second kappa shape index (κ2) is 8.87. The van der Waals surface area contributed by atoms with Crippen LogP contribution in [-0.2, 0) is 33.3 Å². The molecule has 5 atom stereocenters. The molecule has 1 aromatic rings. The summed E-state index contributed by atoms with van der Waals surface area (Å²) in [5.74, 6) is -2.70. The van der Waals surface area contributed by atoms with E-state index in [1.165, 1.54) is 13.8 Å². The summed E-state index contributed by atoms with van der Waals surface area (Å²) in [6, 6.07) is 9.48. The van der Waals surface area contributed by atoms with Gasteiger partial charge in [0.15, 0.2) is 5.72 Å². The summed E-state index contributed by atoms with van der Waals surface area (Å²) in [5.41, 5.74) is -0.324. The first-order valence-electron chi connectivity index (χ1n) is 9.95. The van der Waals surface area contributed by atoms with Crippen molar-refractivity contribution < 1.29 is 33.3 Å². The van der Waals surface area contributed by atoms with Crippen LogP contribution in [0.25, 0.3) is 0 Å². The molecule has 0 spiro atoms. The molecule has 2 aliphatic rings. The summed E-state index contributed by atoms with van der Waals surface area (Å²) in [6.07, 6.45) is 2.09. The van der Waals surface area contributed by atoms with Crippen LogP contribution < -0.4 is 4.90 Å². The Morgan fingerprint density at radius 3 is 2.40 bits per heavy atom. The van der Waals surface area contributed by atoms with E-state index in [4.69, 9.17) is 18.9 Å². The van der Waals surface area contributed by atoms with Gasteiger partial charge in [0.1, 0.15) is 24.7 Å². The van der Waals surface area contributed by atoms with Crippen molar-refractivity contribution in [3.63, 3.8) is 0 Å². The highest BCUT2D eigenvalue weighted by Gasteiger charge is 2.60. The van der Waals surface area contributed by atoms with E-state index in [0.717, 1.165) is 5.69 Å². The molecule has 8 nitrogen and oxygen atoms in total. The predicted octanol–water partition coefficient (Wildman–Crippen LogP) is 2.43. The fourth-order valence-electron chi connectivity index (χ4n) is 4.22. The van der Waals surface area contributed by atoms with Gasteiger partial charge in [-0.3, -0.25) is 14.4 Å². The highest BCUT2D eigenvalue weighted by molar-refractivity contribution is 5.77. The first-order valence-corrected chi connectivity index (χ1v) is 9.95. The minimum Gasteiger partial charge on any atom is -0.466 e. The Kier molecular flexibility index (Phi) is 6.45. The zero-order valence-corrected chi connectivity index (χ0v) is 17.6. The molecule has 0 N–H and O–H groups in total. The lowest BCUT2D eigenvalue weighted by atomic mass is 9.73. The average Bonchev–Trinajstić information content (AvgIpc) is 2.69. The maximum Gasteiger partial charge on any atom is 0.314 e. The number of nitrogens with zero attached hydrogens (tertiary/aromatic N) is 1. The number of fused-ring (bicyclic) bond motifs is 2. The second-order valence-electron chi connectivity index (χ2n) is 7.44. The van der Waals surface area contributed by atoms with Crippen molar-refractivity contribution >= 4 is 23.6 Å². The van der Waals surface area contributed by atoms with Crippen LogP contribution in [0.4, 0.5) is 5.69 Å². The van der Waals surface area contributed by atoms with Crippen LogP contribution in [0.15, 0.2) is 42.6 Å². The van der Waals surface area contributed by atoms with E-state index in [1.54, 1.807) is 13.8 Å². The summed E-state index contributed by atoms with van der Waals surface area (Å²) in [7, 11) is 0. The molecular weight excluding hydrogens is 390 g/mol. The van der Waals surface area contributed by atoms with Crippen LogP contribution in [0, 0.1) is 11.8 Å². The highest BCUT2D eigenvalue weighted by Crippen LogP contribution is 2.48. The van der Waals surface area contributed by atoms with Gasteiger partial charge in [-0.25, -0.2) is 0 Å². The molecule has 0 unspecified atom stereocenters. The molecule has 1 saturated heterocycles. The maximum absolute atomic E-state index is 13.0. The predicted molar refractivity (Wildman–Crippen MR) is 107 cm³/mol. The van der Waals surface area contributed by atoms with E-state index in [2.05, 4.69) is 0 Å². The van der Waals surface area contributed by atoms with E-state index in [0.29, 0.717) is 0 Å². The molecule has 0 radical (unpaired) electrons. The number of esters is 3. The zero-order valence-electron chi connectivity index (χ0n) is 17.6. The number of rotatable bonds is 6. The van der Waals surface area contributed by atoms with E-state index >= 15 is 0 Å². The Labute approximate surface area is 175 Å². The lowest BCUT2D eigenvalue weighted by Gasteiger charge is -2.56. The number of carbonyl (C=O) groups is 3. The van der Waals surface area contributed by atoms with Crippen LogP contribution in [0.5, 0.6) is 0 Å².